The smallest absolute Gasteiger partial charge is 0.231 e. The molecule has 0 N–H and O–H groups in total. The van der Waals surface area contributed by atoms with E-state index in [-0.39, 0.29) is 18.1 Å². The van der Waals surface area contributed by atoms with Crippen LogP contribution < -0.4 is 9.47 Å². The molecule has 0 atom stereocenters. The van der Waals surface area contributed by atoms with E-state index in [2.05, 4.69) is 0 Å². The Kier molecular flexibility index (Phi) is 5.75. The van der Waals surface area contributed by atoms with Crippen molar-refractivity contribution in [3.8, 4) is 11.5 Å². The molecule has 0 unspecified atom stereocenters. The number of carbonyl (C=O) groups is 1. The first-order valence-corrected chi connectivity index (χ1v) is 10.0. The third-order valence-electron chi connectivity index (χ3n) is 4.35. The zero-order valence-corrected chi connectivity index (χ0v) is 17.7. The van der Waals surface area contributed by atoms with Crippen molar-refractivity contribution in [3.63, 3.8) is 0 Å². The fourth-order valence-electron chi connectivity index (χ4n) is 2.86. The first kappa shape index (κ1) is 20.1. The Morgan fingerprint density at radius 3 is 2.34 bits per heavy atom. The van der Waals surface area contributed by atoms with E-state index in [1.807, 2.05) is 0 Å². The summed E-state index contributed by atoms with van der Waals surface area (Å²) < 4.78 is 11.5. The van der Waals surface area contributed by atoms with E-state index in [4.69, 9.17) is 55.9 Å². The van der Waals surface area contributed by atoms with Gasteiger partial charge in [-0.2, -0.15) is 0 Å². The van der Waals surface area contributed by atoms with E-state index in [1.54, 1.807) is 60.7 Å². The zero-order chi connectivity index (χ0) is 20.5. The summed E-state index contributed by atoms with van der Waals surface area (Å²) in [5, 5.41) is 1.80. The Morgan fingerprint density at radius 2 is 1.59 bits per heavy atom. The van der Waals surface area contributed by atoms with Crippen molar-refractivity contribution in [2.75, 3.05) is 0 Å². The molecule has 3 aromatic carbocycles. The van der Waals surface area contributed by atoms with Gasteiger partial charge in [0.05, 0.1) is 15.6 Å². The van der Waals surface area contributed by atoms with Crippen molar-refractivity contribution in [1.82, 2.24) is 0 Å². The van der Waals surface area contributed by atoms with Gasteiger partial charge in [0, 0.05) is 21.7 Å². The van der Waals surface area contributed by atoms with Gasteiger partial charge >= 0.3 is 0 Å². The van der Waals surface area contributed by atoms with Gasteiger partial charge in [-0.15, -0.1) is 0 Å². The SMILES string of the molecule is O=C1/C(=C/c2cccc(Cl)c2Cl)Oc2cc(OCc3c(Cl)cccc3Cl)ccc21. The second kappa shape index (κ2) is 8.29. The molecule has 146 valence electrons. The molecule has 1 heterocycles. The number of rotatable bonds is 4. The molecule has 0 amide bonds. The van der Waals surface area contributed by atoms with Gasteiger partial charge in [-0.05, 0) is 42.0 Å². The van der Waals surface area contributed by atoms with Crippen LogP contribution in [0.2, 0.25) is 20.1 Å². The number of Topliss-reactive ketones (excluding diaryl/α,β-unsaturated/α-hetero) is 1. The predicted molar refractivity (Wildman–Crippen MR) is 117 cm³/mol. The summed E-state index contributed by atoms with van der Waals surface area (Å²) in [4.78, 5) is 12.6. The van der Waals surface area contributed by atoms with E-state index in [0.717, 1.165) is 0 Å². The van der Waals surface area contributed by atoms with Gasteiger partial charge in [0.15, 0.2) is 5.76 Å². The molecule has 29 heavy (non-hydrogen) atoms. The summed E-state index contributed by atoms with van der Waals surface area (Å²) in [6.45, 7) is 0.187. The molecule has 0 fully saturated rings. The van der Waals surface area contributed by atoms with Crippen LogP contribution in [0.3, 0.4) is 0 Å². The zero-order valence-electron chi connectivity index (χ0n) is 14.7. The van der Waals surface area contributed by atoms with E-state index in [1.165, 1.54) is 0 Å². The Hall–Kier alpha value is -2.17. The third-order valence-corrected chi connectivity index (χ3v) is 5.90. The van der Waals surface area contributed by atoms with Gasteiger partial charge in [-0.25, -0.2) is 0 Å². The standard InChI is InChI=1S/C22H12Cl4O3/c23-16-4-2-5-17(24)15(16)11-28-13-7-8-14-19(10-13)29-20(22(14)27)9-12-3-1-6-18(25)21(12)26/h1-10H,11H2/b20-9-. The Labute approximate surface area is 187 Å². The van der Waals surface area contributed by atoms with Gasteiger partial charge in [-0.1, -0.05) is 64.6 Å². The minimum atomic E-state index is -0.239. The molecule has 0 radical (unpaired) electrons. The van der Waals surface area contributed by atoms with Crippen LogP contribution in [0.5, 0.6) is 11.5 Å². The number of hydrogen-bond acceptors (Lipinski definition) is 3. The van der Waals surface area contributed by atoms with Gasteiger partial charge in [0.25, 0.3) is 0 Å². The van der Waals surface area contributed by atoms with E-state index < -0.39 is 0 Å². The van der Waals surface area contributed by atoms with Crippen molar-refractivity contribution >= 4 is 58.3 Å². The summed E-state index contributed by atoms with van der Waals surface area (Å²) in [5.74, 6) is 0.851. The number of ketones is 1. The number of ether oxygens (including phenoxy) is 2. The molecule has 3 nitrogen and oxygen atoms in total. The molecule has 3 aromatic rings. The van der Waals surface area contributed by atoms with Crippen molar-refractivity contribution in [3.05, 3.63) is 97.1 Å². The highest BCUT2D eigenvalue weighted by molar-refractivity contribution is 6.43. The minimum Gasteiger partial charge on any atom is -0.489 e. The Bertz CT molecular complexity index is 1130. The minimum absolute atomic E-state index is 0.162. The highest BCUT2D eigenvalue weighted by Crippen LogP contribution is 2.37. The maximum Gasteiger partial charge on any atom is 0.231 e. The Morgan fingerprint density at radius 1 is 0.897 bits per heavy atom. The molecule has 0 saturated heterocycles. The lowest BCUT2D eigenvalue weighted by Gasteiger charge is -2.10. The predicted octanol–water partition coefficient (Wildman–Crippen LogP) is 7.50. The number of allylic oxidation sites excluding steroid dienone is 1. The maximum atomic E-state index is 12.6. The van der Waals surface area contributed by atoms with Crippen LogP contribution in [-0.2, 0) is 6.61 Å². The third kappa shape index (κ3) is 4.10. The monoisotopic (exact) mass is 464 g/mol. The molecule has 0 saturated carbocycles. The van der Waals surface area contributed by atoms with Crippen LogP contribution in [0.4, 0.5) is 0 Å². The highest BCUT2D eigenvalue weighted by atomic mass is 35.5. The average molecular weight is 466 g/mol. The van der Waals surface area contributed by atoms with Crippen LogP contribution in [0.15, 0.2) is 60.4 Å². The molecule has 0 spiro atoms. The van der Waals surface area contributed by atoms with Gasteiger partial charge in [-0.3, -0.25) is 4.79 Å². The lowest BCUT2D eigenvalue weighted by Crippen LogP contribution is -1.98. The number of halogens is 4. The molecule has 1 aliphatic heterocycles. The fourth-order valence-corrected chi connectivity index (χ4v) is 3.72. The summed E-state index contributed by atoms with van der Waals surface area (Å²) >= 11 is 24.6. The van der Waals surface area contributed by atoms with Crippen molar-refractivity contribution in [1.29, 1.82) is 0 Å². The highest BCUT2D eigenvalue weighted by Gasteiger charge is 2.28. The number of benzene rings is 3. The largest absolute Gasteiger partial charge is 0.489 e. The molecule has 7 heteroatoms. The number of fused-ring (bicyclic) bond motifs is 1. The molecule has 4 rings (SSSR count). The average Bonchev–Trinajstić information content (AvgIpc) is 3.00. The molecule has 0 bridgehead atoms. The van der Waals surface area contributed by atoms with Gasteiger partial charge in [0.1, 0.15) is 18.1 Å². The van der Waals surface area contributed by atoms with Crippen LogP contribution in [0.1, 0.15) is 21.5 Å². The molecule has 0 aromatic heterocycles. The summed E-state index contributed by atoms with van der Waals surface area (Å²) in [5.41, 5.74) is 1.72. The van der Waals surface area contributed by atoms with Crippen LogP contribution in [-0.4, -0.2) is 5.78 Å². The fraction of sp³-hybridized carbons (Fsp3) is 0.0455. The molecular formula is C22H12Cl4O3. The quantitative estimate of drug-likeness (QED) is 0.374. The summed E-state index contributed by atoms with van der Waals surface area (Å²) in [6.07, 6.45) is 1.57. The summed E-state index contributed by atoms with van der Waals surface area (Å²) in [6, 6.07) is 15.4. The van der Waals surface area contributed by atoms with Crippen LogP contribution in [0, 0.1) is 0 Å². The van der Waals surface area contributed by atoms with E-state index in [9.17, 15) is 4.79 Å². The first-order chi connectivity index (χ1) is 13.9. The van der Waals surface area contributed by atoms with Crippen molar-refractivity contribution < 1.29 is 14.3 Å². The normalized spacial score (nSPS) is 14.1. The number of carbonyl (C=O) groups excluding carboxylic acids is 1. The molecular weight excluding hydrogens is 454 g/mol. The number of hydrogen-bond donors (Lipinski definition) is 0. The molecule has 1 aliphatic rings. The summed E-state index contributed by atoms with van der Waals surface area (Å²) in [7, 11) is 0. The van der Waals surface area contributed by atoms with Crippen LogP contribution in [0.25, 0.3) is 6.08 Å². The second-order valence-electron chi connectivity index (χ2n) is 6.23. The maximum absolute atomic E-state index is 12.6. The first-order valence-electron chi connectivity index (χ1n) is 8.52. The van der Waals surface area contributed by atoms with E-state index in [0.29, 0.717) is 48.3 Å². The van der Waals surface area contributed by atoms with Crippen molar-refractivity contribution in [2.24, 2.45) is 0 Å². The Balaban J connectivity index is 1.56. The van der Waals surface area contributed by atoms with Crippen LogP contribution >= 0.6 is 46.4 Å². The lowest BCUT2D eigenvalue weighted by molar-refractivity contribution is 0.101. The topological polar surface area (TPSA) is 35.5 Å². The molecule has 0 aliphatic carbocycles. The van der Waals surface area contributed by atoms with E-state index >= 15 is 0 Å². The lowest BCUT2D eigenvalue weighted by atomic mass is 10.1. The van der Waals surface area contributed by atoms with Gasteiger partial charge < -0.3 is 9.47 Å². The van der Waals surface area contributed by atoms with Gasteiger partial charge in [0.2, 0.25) is 5.78 Å². The van der Waals surface area contributed by atoms with Crippen molar-refractivity contribution in [2.45, 2.75) is 6.61 Å². The second-order valence-corrected chi connectivity index (χ2v) is 7.83.